The number of nitrogens with zero attached hydrogens (tertiary/aromatic N) is 1. The SMILES string of the molecule is Cc1c(-c2c(CO)c(C)c3c(c2C(F)(F)F)CN(C(=O)c2cccc(F)c2)C3)cc(F)c2c1CCCO2. The largest absolute Gasteiger partial charge is 0.490 e. The zero-order valence-electron chi connectivity index (χ0n) is 20.2. The Morgan fingerprint density at radius 3 is 2.46 bits per heavy atom. The van der Waals surface area contributed by atoms with Crippen LogP contribution >= 0.6 is 0 Å². The number of benzene rings is 3. The summed E-state index contributed by atoms with van der Waals surface area (Å²) in [6, 6.07) is 6.01. The predicted octanol–water partition coefficient (Wildman–Crippen LogP) is 6.24. The van der Waals surface area contributed by atoms with Crippen molar-refractivity contribution in [3.05, 3.63) is 86.5 Å². The lowest BCUT2D eigenvalue weighted by Gasteiger charge is -2.26. The van der Waals surface area contributed by atoms with Gasteiger partial charge in [0.05, 0.1) is 18.8 Å². The number of halogens is 5. The lowest BCUT2D eigenvalue weighted by molar-refractivity contribution is -0.137. The van der Waals surface area contributed by atoms with Crippen molar-refractivity contribution in [1.29, 1.82) is 0 Å². The average Bonchev–Trinajstić information content (AvgIpc) is 3.30. The zero-order chi connectivity index (χ0) is 26.6. The number of aliphatic hydroxyl groups excluding tert-OH is 1. The highest BCUT2D eigenvalue weighted by atomic mass is 19.4. The summed E-state index contributed by atoms with van der Waals surface area (Å²) in [5.41, 5.74) is 0.380. The van der Waals surface area contributed by atoms with Gasteiger partial charge < -0.3 is 14.7 Å². The Hall–Kier alpha value is -3.46. The van der Waals surface area contributed by atoms with E-state index in [0.29, 0.717) is 36.1 Å². The Bertz CT molecular complexity index is 1430. The van der Waals surface area contributed by atoms with Crippen LogP contribution in [0, 0.1) is 25.5 Å². The Kier molecular flexibility index (Phi) is 6.22. The third-order valence-corrected chi connectivity index (χ3v) is 7.33. The molecule has 37 heavy (non-hydrogen) atoms. The van der Waals surface area contributed by atoms with Crippen molar-refractivity contribution in [2.24, 2.45) is 0 Å². The van der Waals surface area contributed by atoms with Crippen molar-refractivity contribution in [1.82, 2.24) is 4.90 Å². The van der Waals surface area contributed by atoms with Crippen molar-refractivity contribution < 1.29 is 36.6 Å². The van der Waals surface area contributed by atoms with Crippen molar-refractivity contribution in [2.75, 3.05) is 6.61 Å². The Balaban J connectivity index is 1.73. The highest BCUT2D eigenvalue weighted by Crippen LogP contribution is 2.49. The number of carbonyl (C=O) groups excluding carboxylic acids is 1. The molecule has 2 aliphatic heterocycles. The first-order valence-corrected chi connectivity index (χ1v) is 11.9. The van der Waals surface area contributed by atoms with E-state index in [1.165, 1.54) is 23.1 Å². The van der Waals surface area contributed by atoms with Crippen molar-refractivity contribution in [3.63, 3.8) is 0 Å². The first-order valence-electron chi connectivity index (χ1n) is 11.9. The van der Waals surface area contributed by atoms with Crippen molar-refractivity contribution in [3.8, 4) is 16.9 Å². The molecule has 0 spiro atoms. The molecule has 2 aliphatic rings. The Morgan fingerprint density at radius 1 is 1.05 bits per heavy atom. The standard InChI is InChI=1S/C28H24F5NO3/c1-14-18-7-4-8-37-26(18)23(30)10-19(14)24-22(13-35)15(2)20-11-34(12-21(20)25(24)28(31,32)33)27(36)16-5-3-6-17(29)9-16/h3,5-6,9-10,35H,4,7-8,11-13H2,1-2H3. The van der Waals surface area contributed by atoms with E-state index < -0.39 is 35.9 Å². The summed E-state index contributed by atoms with van der Waals surface area (Å²) < 4.78 is 78.5. The topological polar surface area (TPSA) is 49.8 Å². The van der Waals surface area contributed by atoms with Crippen LogP contribution in [0.25, 0.3) is 11.1 Å². The van der Waals surface area contributed by atoms with E-state index in [-0.39, 0.29) is 52.2 Å². The van der Waals surface area contributed by atoms with Gasteiger partial charge in [0, 0.05) is 29.8 Å². The minimum Gasteiger partial charge on any atom is -0.490 e. The number of ether oxygens (including phenoxy) is 1. The van der Waals surface area contributed by atoms with Crippen LogP contribution in [0.3, 0.4) is 0 Å². The van der Waals surface area contributed by atoms with Crippen LogP contribution in [-0.2, 0) is 32.3 Å². The van der Waals surface area contributed by atoms with Crippen LogP contribution < -0.4 is 4.74 Å². The second kappa shape index (κ2) is 9.13. The summed E-state index contributed by atoms with van der Waals surface area (Å²) in [7, 11) is 0. The van der Waals surface area contributed by atoms with E-state index in [0.717, 1.165) is 12.1 Å². The molecule has 0 aliphatic carbocycles. The smallest absolute Gasteiger partial charge is 0.417 e. The van der Waals surface area contributed by atoms with Crippen LogP contribution in [0.1, 0.15) is 55.7 Å². The number of hydrogen-bond acceptors (Lipinski definition) is 3. The van der Waals surface area contributed by atoms with E-state index in [1.807, 2.05) is 0 Å². The van der Waals surface area contributed by atoms with Gasteiger partial charge in [-0.1, -0.05) is 6.07 Å². The second-order valence-electron chi connectivity index (χ2n) is 9.43. The molecule has 5 rings (SSSR count). The lowest BCUT2D eigenvalue weighted by Crippen LogP contribution is -2.25. The fourth-order valence-electron chi connectivity index (χ4n) is 5.55. The molecule has 0 saturated heterocycles. The van der Waals surface area contributed by atoms with Crippen molar-refractivity contribution in [2.45, 2.75) is 52.6 Å². The highest BCUT2D eigenvalue weighted by Gasteiger charge is 2.43. The van der Waals surface area contributed by atoms with Gasteiger partial charge in [0.25, 0.3) is 5.91 Å². The monoisotopic (exact) mass is 517 g/mol. The van der Waals surface area contributed by atoms with E-state index >= 15 is 4.39 Å². The molecule has 3 aromatic carbocycles. The van der Waals surface area contributed by atoms with Gasteiger partial charge in [0.1, 0.15) is 5.82 Å². The number of aliphatic hydroxyl groups is 1. The maximum Gasteiger partial charge on any atom is 0.417 e. The molecule has 4 nitrogen and oxygen atoms in total. The molecule has 9 heteroatoms. The number of alkyl halides is 3. The van der Waals surface area contributed by atoms with Crippen molar-refractivity contribution >= 4 is 5.91 Å². The molecule has 194 valence electrons. The third-order valence-electron chi connectivity index (χ3n) is 7.33. The predicted molar refractivity (Wildman–Crippen MR) is 126 cm³/mol. The molecule has 2 heterocycles. The normalized spacial score (nSPS) is 14.9. The minimum absolute atomic E-state index is 0.0224. The molecule has 0 bridgehead atoms. The van der Waals surface area contributed by atoms with E-state index in [1.54, 1.807) is 13.8 Å². The van der Waals surface area contributed by atoms with Crippen LogP contribution in [0.5, 0.6) is 5.75 Å². The molecule has 0 unspecified atom stereocenters. The Labute approximate surface area is 210 Å². The number of carbonyl (C=O) groups is 1. The molecule has 1 N–H and O–H groups in total. The van der Waals surface area contributed by atoms with Gasteiger partial charge in [0.15, 0.2) is 11.6 Å². The first kappa shape index (κ1) is 25.2. The quantitative estimate of drug-likeness (QED) is 0.419. The van der Waals surface area contributed by atoms with E-state index in [9.17, 15) is 27.5 Å². The molecule has 3 aromatic rings. The summed E-state index contributed by atoms with van der Waals surface area (Å²) in [4.78, 5) is 14.3. The molecular weight excluding hydrogens is 493 g/mol. The fraction of sp³-hybridized carbons (Fsp3) is 0.321. The van der Waals surface area contributed by atoms with Crippen LogP contribution in [-0.4, -0.2) is 22.5 Å². The van der Waals surface area contributed by atoms with Gasteiger partial charge in [-0.25, -0.2) is 8.78 Å². The molecule has 1 amide bonds. The van der Waals surface area contributed by atoms with Gasteiger partial charge >= 0.3 is 6.18 Å². The van der Waals surface area contributed by atoms with Gasteiger partial charge in [-0.3, -0.25) is 4.79 Å². The fourth-order valence-corrected chi connectivity index (χ4v) is 5.55. The second-order valence-corrected chi connectivity index (χ2v) is 9.43. The van der Waals surface area contributed by atoms with Crippen LogP contribution in [0.4, 0.5) is 22.0 Å². The summed E-state index contributed by atoms with van der Waals surface area (Å²) in [5.74, 6) is -1.94. The summed E-state index contributed by atoms with van der Waals surface area (Å²) in [6.07, 6.45) is -3.79. The summed E-state index contributed by atoms with van der Waals surface area (Å²) in [6.45, 7) is 2.37. The van der Waals surface area contributed by atoms with Gasteiger partial charge in [-0.05, 0) is 84.3 Å². The molecule has 0 fully saturated rings. The Morgan fingerprint density at radius 2 is 1.78 bits per heavy atom. The lowest BCUT2D eigenvalue weighted by atomic mass is 9.82. The third kappa shape index (κ3) is 4.15. The maximum atomic E-state index is 15.1. The molecule has 0 aromatic heterocycles. The van der Waals surface area contributed by atoms with E-state index in [4.69, 9.17) is 4.74 Å². The van der Waals surface area contributed by atoms with Gasteiger partial charge in [-0.2, -0.15) is 13.2 Å². The van der Waals surface area contributed by atoms with Crippen LogP contribution in [0.15, 0.2) is 30.3 Å². The van der Waals surface area contributed by atoms with E-state index in [2.05, 4.69) is 0 Å². The first-order chi connectivity index (χ1) is 17.5. The number of amides is 1. The van der Waals surface area contributed by atoms with Crippen LogP contribution in [0.2, 0.25) is 0 Å². The number of fused-ring (bicyclic) bond motifs is 2. The van der Waals surface area contributed by atoms with Gasteiger partial charge in [0.2, 0.25) is 0 Å². The summed E-state index contributed by atoms with van der Waals surface area (Å²) >= 11 is 0. The average molecular weight is 517 g/mol. The summed E-state index contributed by atoms with van der Waals surface area (Å²) in [5, 5.41) is 10.3. The van der Waals surface area contributed by atoms with Gasteiger partial charge in [-0.15, -0.1) is 0 Å². The molecule has 0 atom stereocenters. The molecular formula is C28H24F5NO3. The molecule has 0 radical (unpaired) electrons. The maximum absolute atomic E-state index is 15.1. The number of hydrogen-bond donors (Lipinski definition) is 1. The molecule has 0 saturated carbocycles. The highest BCUT2D eigenvalue weighted by molar-refractivity contribution is 5.95. The zero-order valence-corrected chi connectivity index (χ0v) is 20.2. The number of rotatable bonds is 3. The minimum atomic E-state index is -4.86.